The van der Waals surface area contributed by atoms with Crippen LogP contribution < -0.4 is 10.5 Å². The molecule has 0 radical (unpaired) electrons. The maximum absolute atomic E-state index is 12.1. The number of hydrogen-bond donors (Lipinski definition) is 1. The molecule has 1 rings (SSSR count). The van der Waals surface area contributed by atoms with Crippen molar-refractivity contribution in [2.75, 3.05) is 12.8 Å². The molecule has 0 spiro atoms. The first-order chi connectivity index (χ1) is 8.28. The third kappa shape index (κ3) is 3.00. The van der Waals surface area contributed by atoms with Crippen molar-refractivity contribution in [1.29, 1.82) is 5.26 Å². The van der Waals surface area contributed by atoms with Crippen LogP contribution in [0.25, 0.3) is 0 Å². The summed E-state index contributed by atoms with van der Waals surface area (Å²) < 4.78 is 44.2. The molecule has 0 bridgehead atoms. The number of nitriles is 1. The molecule has 0 saturated heterocycles. The van der Waals surface area contributed by atoms with E-state index in [1.165, 1.54) is 0 Å². The molecule has 0 unspecified atom stereocenters. The van der Waals surface area contributed by atoms with Gasteiger partial charge in [0.25, 0.3) is 0 Å². The van der Waals surface area contributed by atoms with Crippen molar-refractivity contribution in [3.8, 4) is 11.8 Å². The minimum absolute atomic E-state index is 0.331. The van der Waals surface area contributed by atoms with Crippen molar-refractivity contribution in [3.05, 3.63) is 17.3 Å². The molecule has 9 heteroatoms. The molecule has 1 aromatic rings. The normalized spacial score (nSPS) is 10.6. The van der Waals surface area contributed by atoms with Crippen LogP contribution in [-0.4, -0.2) is 24.4 Å². The first-order valence-electron chi connectivity index (χ1n) is 4.33. The van der Waals surface area contributed by atoms with Gasteiger partial charge in [-0.05, 0) is 6.07 Å². The molecule has 6 nitrogen and oxygen atoms in total. The van der Waals surface area contributed by atoms with E-state index in [0.717, 1.165) is 13.2 Å². The van der Waals surface area contributed by atoms with Crippen molar-refractivity contribution >= 4 is 11.8 Å². The van der Waals surface area contributed by atoms with Gasteiger partial charge >= 0.3 is 12.3 Å². The van der Waals surface area contributed by atoms with Gasteiger partial charge in [0.15, 0.2) is 11.6 Å². The van der Waals surface area contributed by atoms with Crippen molar-refractivity contribution in [2.24, 2.45) is 0 Å². The van der Waals surface area contributed by atoms with E-state index in [4.69, 9.17) is 11.0 Å². The molecule has 0 aliphatic carbocycles. The third-order valence-electron chi connectivity index (χ3n) is 1.74. The summed E-state index contributed by atoms with van der Waals surface area (Å²) in [4.78, 5) is 14.6. The topological polar surface area (TPSA) is 98.2 Å². The molecule has 18 heavy (non-hydrogen) atoms. The molecule has 0 aromatic carbocycles. The van der Waals surface area contributed by atoms with E-state index in [1.807, 2.05) is 0 Å². The van der Waals surface area contributed by atoms with Crippen molar-refractivity contribution in [2.45, 2.75) is 6.36 Å². The lowest BCUT2D eigenvalue weighted by Gasteiger charge is -2.13. The lowest BCUT2D eigenvalue weighted by Crippen LogP contribution is -2.21. The zero-order valence-corrected chi connectivity index (χ0v) is 8.91. The number of halogens is 3. The van der Waals surface area contributed by atoms with E-state index < -0.39 is 29.5 Å². The van der Waals surface area contributed by atoms with Gasteiger partial charge in [-0.2, -0.15) is 5.26 Å². The van der Waals surface area contributed by atoms with Gasteiger partial charge in [0, 0.05) is 0 Å². The fourth-order valence-corrected chi connectivity index (χ4v) is 1.09. The average molecular weight is 261 g/mol. The molecule has 0 aliphatic heterocycles. The molecule has 1 heterocycles. The third-order valence-corrected chi connectivity index (χ3v) is 1.74. The van der Waals surface area contributed by atoms with Gasteiger partial charge in [0.05, 0.1) is 7.11 Å². The van der Waals surface area contributed by atoms with Crippen LogP contribution in [0.15, 0.2) is 6.07 Å². The minimum Gasteiger partial charge on any atom is -0.465 e. The van der Waals surface area contributed by atoms with Gasteiger partial charge in [0.1, 0.15) is 17.3 Å². The number of anilines is 1. The van der Waals surface area contributed by atoms with Crippen molar-refractivity contribution < 1.29 is 27.4 Å². The summed E-state index contributed by atoms with van der Waals surface area (Å²) in [6, 6.07) is 2.34. The number of pyridine rings is 1. The highest BCUT2D eigenvalue weighted by Gasteiger charge is 2.35. The number of rotatable bonds is 2. The second-order valence-electron chi connectivity index (χ2n) is 2.92. The van der Waals surface area contributed by atoms with Crippen molar-refractivity contribution in [3.63, 3.8) is 0 Å². The predicted octanol–water partition coefficient (Wildman–Crippen LogP) is 1.22. The molecular formula is C9H6F3N3O3. The molecule has 0 saturated carbocycles. The van der Waals surface area contributed by atoms with Crippen LogP contribution >= 0.6 is 0 Å². The maximum Gasteiger partial charge on any atom is 0.573 e. The molecule has 0 fully saturated rings. The van der Waals surface area contributed by atoms with Crippen LogP contribution in [0.3, 0.4) is 0 Å². The number of nitrogens with zero attached hydrogens (tertiary/aromatic N) is 2. The van der Waals surface area contributed by atoms with Crippen LogP contribution in [0.1, 0.15) is 16.1 Å². The van der Waals surface area contributed by atoms with E-state index in [0.29, 0.717) is 0 Å². The first kappa shape index (κ1) is 13.6. The van der Waals surface area contributed by atoms with Crippen LogP contribution in [0.5, 0.6) is 5.75 Å². The standard InChI is InChI=1S/C9H6F3N3O3/c1-17-8(16)5-2-4(3-13)15-7(14)6(5)18-9(10,11)12/h2H,1H3,(H2,14,15). The fraction of sp³-hybridized carbons (Fsp3) is 0.222. The minimum atomic E-state index is -5.05. The molecule has 0 amide bonds. The van der Waals surface area contributed by atoms with E-state index in [2.05, 4.69) is 14.5 Å². The lowest BCUT2D eigenvalue weighted by molar-refractivity contribution is -0.274. The van der Waals surface area contributed by atoms with E-state index in [1.54, 1.807) is 6.07 Å². The van der Waals surface area contributed by atoms with Crippen LogP contribution in [0.4, 0.5) is 19.0 Å². The SMILES string of the molecule is COC(=O)c1cc(C#N)nc(N)c1OC(F)(F)F. The van der Waals surface area contributed by atoms with Crippen LogP contribution in [-0.2, 0) is 4.74 Å². The molecule has 1 aromatic heterocycles. The summed E-state index contributed by atoms with van der Waals surface area (Å²) in [5.74, 6) is -2.85. The maximum atomic E-state index is 12.1. The molecular weight excluding hydrogens is 255 g/mol. The number of aromatic nitrogens is 1. The fourth-order valence-electron chi connectivity index (χ4n) is 1.09. The molecule has 2 N–H and O–H groups in total. The first-order valence-corrected chi connectivity index (χ1v) is 4.33. The second kappa shape index (κ2) is 4.79. The molecule has 96 valence electrons. The van der Waals surface area contributed by atoms with Crippen LogP contribution in [0, 0.1) is 11.3 Å². The smallest absolute Gasteiger partial charge is 0.465 e. The Hall–Kier alpha value is -2.50. The molecule has 0 atom stereocenters. The Balaban J connectivity index is 3.39. The zero-order chi connectivity index (χ0) is 13.9. The van der Waals surface area contributed by atoms with Gasteiger partial charge in [-0.1, -0.05) is 0 Å². The summed E-state index contributed by atoms with van der Waals surface area (Å²) >= 11 is 0. The highest BCUT2D eigenvalue weighted by Crippen LogP contribution is 2.31. The number of nitrogen functional groups attached to an aromatic ring is 1. The Morgan fingerprint density at radius 3 is 2.61 bits per heavy atom. The Morgan fingerprint density at radius 2 is 2.17 bits per heavy atom. The van der Waals surface area contributed by atoms with Gasteiger partial charge in [-0.25, -0.2) is 9.78 Å². The summed E-state index contributed by atoms with van der Waals surface area (Å²) in [6.07, 6.45) is -5.05. The average Bonchev–Trinajstić information content (AvgIpc) is 2.28. The predicted molar refractivity (Wildman–Crippen MR) is 51.4 cm³/mol. The Kier molecular flexibility index (Phi) is 3.61. The Morgan fingerprint density at radius 1 is 1.56 bits per heavy atom. The van der Waals surface area contributed by atoms with Gasteiger partial charge < -0.3 is 15.2 Å². The number of methoxy groups -OCH3 is 1. The number of alkyl halides is 3. The van der Waals surface area contributed by atoms with E-state index in [9.17, 15) is 18.0 Å². The number of carbonyl (C=O) groups is 1. The monoisotopic (exact) mass is 261 g/mol. The number of hydrogen-bond acceptors (Lipinski definition) is 6. The van der Waals surface area contributed by atoms with Crippen molar-refractivity contribution in [1.82, 2.24) is 4.98 Å². The van der Waals surface area contributed by atoms with Crippen LogP contribution in [0.2, 0.25) is 0 Å². The summed E-state index contributed by atoms with van der Waals surface area (Å²) in [5.41, 5.74) is 4.25. The summed E-state index contributed by atoms with van der Waals surface area (Å²) in [7, 11) is 0.961. The zero-order valence-electron chi connectivity index (χ0n) is 8.91. The van der Waals surface area contributed by atoms with Gasteiger partial charge in [-0.3, -0.25) is 0 Å². The quantitative estimate of drug-likeness (QED) is 0.803. The van der Waals surface area contributed by atoms with E-state index in [-0.39, 0.29) is 5.69 Å². The largest absolute Gasteiger partial charge is 0.573 e. The number of esters is 1. The molecule has 0 aliphatic rings. The van der Waals surface area contributed by atoms with Gasteiger partial charge in [-0.15, -0.1) is 13.2 Å². The highest BCUT2D eigenvalue weighted by atomic mass is 19.4. The van der Waals surface area contributed by atoms with Gasteiger partial charge in [0.2, 0.25) is 0 Å². The second-order valence-corrected chi connectivity index (χ2v) is 2.92. The van der Waals surface area contributed by atoms with E-state index >= 15 is 0 Å². The summed E-state index contributed by atoms with van der Waals surface area (Å²) in [5, 5.41) is 8.58. The Bertz CT molecular complexity index is 522. The Labute approximate surface area is 98.7 Å². The highest BCUT2D eigenvalue weighted by molar-refractivity contribution is 5.94. The summed E-state index contributed by atoms with van der Waals surface area (Å²) in [6.45, 7) is 0. The number of carbonyl (C=O) groups excluding carboxylic acids is 1. The number of nitrogens with two attached hydrogens (primary N) is 1. The number of ether oxygens (including phenoxy) is 2. The lowest BCUT2D eigenvalue weighted by atomic mass is 10.2.